The average Bonchev–Trinajstić information content (AvgIpc) is 2.66. The molecule has 0 bridgehead atoms. The molecule has 2 aromatic heterocycles. The quantitative estimate of drug-likeness (QED) is 0.783. The van der Waals surface area contributed by atoms with Crippen LogP contribution in [0.15, 0.2) is 36.5 Å². The molecule has 3 aromatic rings. The second-order valence-electron chi connectivity index (χ2n) is 7.28. The Bertz CT molecular complexity index is 934. The van der Waals surface area contributed by atoms with Crippen molar-refractivity contribution < 1.29 is 0 Å². The summed E-state index contributed by atoms with van der Waals surface area (Å²) >= 11 is 0. The second-order valence-corrected chi connectivity index (χ2v) is 7.28. The molecular formula is C20H22N6. The van der Waals surface area contributed by atoms with E-state index in [9.17, 15) is 0 Å². The summed E-state index contributed by atoms with van der Waals surface area (Å²) in [5, 5.41) is 12.3. The van der Waals surface area contributed by atoms with Crippen LogP contribution in [-0.2, 0) is 12.8 Å². The van der Waals surface area contributed by atoms with Crippen LogP contribution in [0.3, 0.4) is 0 Å². The minimum absolute atomic E-state index is 0.598. The predicted molar refractivity (Wildman–Crippen MR) is 102 cm³/mol. The highest BCUT2D eigenvalue weighted by Gasteiger charge is 2.28. The Morgan fingerprint density at radius 1 is 1.04 bits per heavy atom. The van der Waals surface area contributed by atoms with Crippen LogP contribution in [-0.4, -0.2) is 39.8 Å². The second kappa shape index (κ2) is 6.52. The zero-order valence-electron chi connectivity index (χ0n) is 14.7. The summed E-state index contributed by atoms with van der Waals surface area (Å²) in [6.45, 7) is 2.94. The summed E-state index contributed by atoms with van der Waals surface area (Å²) in [5.74, 6) is 2.48. The number of nitrogens with zero attached hydrogens (tertiary/aromatic N) is 5. The van der Waals surface area contributed by atoms with E-state index in [1.165, 1.54) is 24.1 Å². The molecule has 1 aliphatic heterocycles. The first-order valence-corrected chi connectivity index (χ1v) is 9.41. The summed E-state index contributed by atoms with van der Waals surface area (Å²) in [5.41, 5.74) is 4.46. The molecule has 1 aliphatic carbocycles. The van der Waals surface area contributed by atoms with Crippen molar-refractivity contribution in [2.45, 2.75) is 25.7 Å². The van der Waals surface area contributed by atoms with Gasteiger partial charge >= 0.3 is 0 Å². The highest BCUT2D eigenvalue weighted by atomic mass is 15.3. The van der Waals surface area contributed by atoms with E-state index in [0.29, 0.717) is 5.92 Å². The third-order valence-electron chi connectivity index (χ3n) is 5.36. The van der Waals surface area contributed by atoms with Gasteiger partial charge in [-0.2, -0.15) is 5.10 Å². The molecule has 1 saturated heterocycles. The Morgan fingerprint density at radius 3 is 2.81 bits per heavy atom. The van der Waals surface area contributed by atoms with Crippen molar-refractivity contribution in [2.24, 2.45) is 5.92 Å². The van der Waals surface area contributed by atoms with Crippen LogP contribution >= 0.6 is 0 Å². The van der Waals surface area contributed by atoms with Crippen molar-refractivity contribution in [1.29, 1.82) is 0 Å². The molecule has 132 valence electrons. The Morgan fingerprint density at radius 2 is 1.88 bits per heavy atom. The lowest BCUT2D eigenvalue weighted by atomic mass is 9.95. The Hall–Kier alpha value is -2.76. The molecule has 0 spiro atoms. The van der Waals surface area contributed by atoms with Gasteiger partial charge in [0.1, 0.15) is 5.82 Å². The number of para-hydroxylation sites is 2. The molecule has 6 heteroatoms. The maximum Gasteiger partial charge on any atom is 0.151 e. The van der Waals surface area contributed by atoms with E-state index < -0.39 is 0 Å². The van der Waals surface area contributed by atoms with E-state index in [1.807, 2.05) is 30.5 Å². The first kappa shape index (κ1) is 15.5. The molecule has 0 atom stereocenters. The van der Waals surface area contributed by atoms with E-state index >= 15 is 0 Å². The van der Waals surface area contributed by atoms with Gasteiger partial charge < -0.3 is 10.2 Å². The molecule has 0 radical (unpaired) electrons. The number of hydrogen-bond donors (Lipinski definition) is 1. The fraction of sp³-hybridized carbons (Fsp3) is 0.400. The Labute approximate surface area is 152 Å². The molecule has 1 aromatic carbocycles. The number of fused-ring (bicyclic) bond motifs is 2. The normalized spacial score (nSPS) is 17.0. The number of benzene rings is 1. The highest BCUT2D eigenvalue weighted by molar-refractivity contribution is 5.75. The van der Waals surface area contributed by atoms with Gasteiger partial charge in [0, 0.05) is 25.6 Å². The molecule has 2 aliphatic rings. The highest BCUT2D eigenvalue weighted by Crippen LogP contribution is 2.27. The lowest BCUT2D eigenvalue weighted by molar-refractivity contribution is 0.424. The standard InChI is InChI=1S/C20H22N6/c1-2-6-16-15(5-1)9-20(25-24-16)26-12-14(13-26)10-22-19-11-21-17-7-3-4-8-18(17)23-19/h3-4,7-9,11,14H,1-2,5-6,10,12-13H2,(H,22,23). The predicted octanol–water partition coefficient (Wildman–Crippen LogP) is 2.85. The SMILES string of the molecule is c1ccc2nc(NCC3CN(c4cc5c(nn4)CCCC5)C3)cnc2c1. The largest absolute Gasteiger partial charge is 0.368 e. The number of aromatic nitrogens is 4. The van der Waals surface area contributed by atoms with Crippen molar-refractivity contribution in [2.75, 3.05) is 29.9 Å². The monoisotopic (exact) mass is 346 g/mol. The minimum atomic E-state index is 0.598. The number of anilines is 2. The number of aryl methyl sites for hydroxylation is 2. The third kappa shape index (κ3) is 2.96. The molecule has 1 fully saturated rings. The van der Waals surface area contributed by atoms with E-state index in [2.05, 4.69) is 36.4 Å². The lowest BCUT2D eigenvalue weighted by Crippen LogP contribution is -2.50. The summed E-state index contributed by atoms with van der Waals surface area (Å²) in [6.07, 6.45) is 6.57. The zero-order valence-corrected chi connectivity index (χ0v) is 14.7. The fourth-order valence-electron chi connectivity index (χ4n) is 3.81. The molecule has 6 nitrogen and oxygen atoms in total. The van der Waals surface area contributed by atoms with Crippen LogP contribution in [0.25, 0.3) is 11.0 Å². The van der Waals surface area contributed by atoms with E-state index in [1.54, 1.807) is 0 Å². The van der Waals surface area contributed by atoms with E-state index in [-0.39, 0.29) is 0 Å². The molecule has 0 saturated carbocycles. The topological polar surface area (TPSA) is 66.8 Å². The van der Waals surface area contributed by atoms with Crippen molar-refractivity contribution in [3.8, 4) is 0 Å². The Balaban J connectivity index is 1.18. The average molecular weight is 346 g/mol. The zero-order chi connectivity index (χ0) is 17.3. The van der Waals surface area contributed by atoms with Crippen molar-refractivity contribution in [3.05, 3.63) is 47.8 Å². The van der Waals surface area contributed by atoms with Gasteiger partial charge in [0.2, 0.25) is 0 Å². The van der Waals surface area contributed by atoms with Crippen LogP contribution in [0, 0.1) is 5.92 Å². The first-order valence-electron chi connectivity index (χ1n) is 9.41. The van der Waals surface area contributed by atoms with Gasteiger partial charge in [-0.3, -0.25) is 4.98 Å². The van der Waals surface area contributed by atoms with Gasteiger partial charge in [-0.1, -0.05) is 12.1 Å². The maximum atomic E-state index is 4.62. The smallest absolute Gasteiger partial charge is 0.151 e. The molecule has 3 heterocycles. The van der Waals surface area contributed by atoms with Crippen molar-refractivity contribution in [1.82, 2.24) is 20.2 Å². The summed E-state index contributed by atoms with van der Waals surface area (Å²) in [7, 11) is 0. The number of rotatable bonds is 4. The van der Waals surface area contributed by atoms with Crippen molar-refractivity contribution in [3.63, 3.8) is 0 Å². The Kier molecular flexibility index (Phi) is 3.88. The third-order valence-corrected chi connectivity index (χ3v) is 5.36. The van der Waals surface area contributed by atoms with Gasteiger partial charge in [-0.15, -0.1) is 5.10 Å². The van der Waals surface area contributed by atoms with Crippen LogP contribution in [0.2, 0.25) is 0 Å². The lowest BCUT2D eigenvalue weighted by Gasteiger charge is -2.40. The van der Waals surface area contributed by atoms with E-state index in [4.69, 9.17) is 0 Å². The molecule has 0 unspecified atom stereocenters. The summed E-state index contributed by atoms with van der Waals surface area (Å²) in [4.78, 5) is 11.4. The van der Waals surface area contributed by atoms with Crippen LogP contribution in [0.1, 0.15) is 24.1 Å². The van der Waals surface area contributed by atoms with E-state index in [0.717, 1.165) is 55.1 Å². The minimum Gasteiger partial charge on any atom is -0.368 e. The van der Waals surface area contributed by atoms with Gasteiger partial charge in [0.05, 0.1) is 22.9 Å². The number of hydrogen-bond acceptors (Lipinski definition) is 6. The van der Waals surface area contributed by atoms with Crippen molar-refractivity contribution >= 4 is 22.7 Å². The summed E-state index contributed by atoms with van der Waals surface area (Å²) < 4.78 is 0. The summed E-state index contributed by atoms with van der Waals surface area (Å²) in [6, 6.07) is 10.2. The fourth-order valence-corrected chi connectivity index (χ4v) is 3.81. The van der Waals surface area contributed by atoms with Crippen LogP contribution < -0.4 is 10.2 Å². The molecule has 5 rings (SSSR count). The molecule has 26 heavy (non-hydrogen) atoms. The van der Waals surface area contributed by atoms with Gasteiger partial charge in [0.15, 0.2) is 5.82 Å². The maximum absolute atomic E-state index is 4.62. The number of nitrogens with one attached hydrogen (secondary N) is 1. The molecular weight excluding hydrogens is 324 g/mol. The van der Waals surface area contributed by atoms with Crippen LogP contribution in [0.5, 0.6) is 0 Å². The van der Waals surface area contributed by atoms with Gasteiger partial charge in [-0.25, -0.2) is 4.98 Å². The van der Waals surface area contributed by atoms with Gasteiger partial charge in [0.25, 0.3) is 0 Å². The molecule has 0 amide bonds. The van der Waals surface area contributed by atoms with Crippen LogP contribution in [0.4, 0.5) is 11.6 Å². The van der Waals surface area contributed by atoms with Gasteiger partial charge in [-0.05, 0) is 49.4 Å². The molecule has 1 N–H and O–H groups in total. The first-order chi connectivity index (χ1) is 12.8.